The molecule has 0 aliphatic carbocycles. The summed E-state index contributed by atoms with van der Waals surface area (Å²) in [6, 6.07) is 6.45. The van der Waals surface area contributed by atoms with Gasteiger partial charge in [0.05, 0.1) is 20.4 Å². The number of amides is 2. The fraction of sp³-hybridized carbons (Fsp3) is 0.231. The lowest BCUT2D eigenvalue weighted by molar-refractivity contribution is 0.262. The van der Waals surface area contributed by atoms with Gasteiger partial charge in [-0.3, -0.25) is 10.00 Å². The van der Waals surface area contributed by atoms with Gasteiger partial charge in [-0.2, -0.15) is 5.10 Å². The van der Waals surface area contributed by atoms with Gasteiger partial charge in [-0.05, 0) is 0 Å². The Morgan fingerprint density at radius 1 is 1.15 bits per heavy atom. The second-order valence-electron chi connectivity index (χ2n) is 4.02. The van der Waals surface area contributed by atoms with Gasteiger partial charge >= 0.3 is 6.03 Å². The van der Waals surface area contributed by atoms with Crippen molar-refractivity contribution in [2.24, 2.45) is 7.05 Å². The van der Waals surface area contributed by atoms with E-state index in [2.05, 4.69) is 15.7 Å². The molecular weight excluding hydrogens is 260 g/mol. The third kappa shape index (κ3) is 3.19. The van der Waals surface area contributed by atoms with E-state index in [0.29, 0.717) is 23.0 Å². The summed E-state index contributed by atoms with van der Waals surface area (Å²) in [5, 5.41) is 9.35. The number of anilines is 2. The molecule has 20 heavy (non-hydrogen) atoms. The lowest BCUT2D eigenvalue weighted by Crippen LogP contribution is -2.21. The molecule has 0 spiro atoms. The number of benzene rings is 1. The molecule has 0 aliphatic heterocycles. The first kappa shape index (κ1) is 13.7. The summed E-state index contributed by atoms with van der Waals surface area (Å²) in [5.74, 6) is 1.79. The highest BCUT2D eigenvalue weighted by molar-refractivity contribution is 5.99. The van der Waals surface area contributed by atoms with Crippen LogP contribution in [0.3, 0.4) is 0 Å². The Labute approximate surface area is 116 Å². The van der Waals surface area contributed by atoms with Gasteiger partial charge in [-0.25, -0.2) is 4.79 Å². The third-order valence-electron chi connectivity index (χ3n) is 2.67. The quantitative estimate of drug-likeness (QED) is 0.896. The molecule has 2 aromatic rings. The standard InChI is InChI=1S/C13H16N4O3/c1-17-12(4-5-14-17)16-13(18)15-9-6-10(19-2)8-11(7-9)20-3/h4-8H,1-3H3,(H2,15,16,18). The molecule has 0 saturated heterocycles. The molecule has 0 radical (unpaired) electrons. The summed E-state index contributed by atoms with van der Waals surface area (Å²) >= 11 is 0. The first-order valence-corrected chi connectivity index (χ1v) is 5.91. The molecule has 0 unspecified atom stereocenters. The fourth-order valence-electron chi connectivity index (χ4n) is 1.65. The zero-order valence-electron chi connectivity index (χ0n) is 11.5. The van der Waals surface area contributed by atoms with E-state index in [1.807, 2.05) is 0 Å². The molecule has 0 atom stereocenters. The minimum absolute atomic E-state index is 0.371. The lowest BCUT2D eigenvalue weighted by atomic mass is 10.3. The van der Waals surface area contributed by atoms with E-state index in [0.717, 1.165) is 0 Å². The molecule has 2 N–H and O–H groups in total. The zero-order chi connectivity index (χ0) is 14.5. The molecule has 0 bridgehead atoms. The van der Waals surface area contributed by atoms with Crippen LogP contribution < -0.4 is 20.1 Å². The van der Waals surface area contributed by atoms with E-state index in [4.69, 9.17) is 9.47 Å². The van der Waals surface area contributed by atoms with Gasteiger partial charge in [0.1, 0.15) is 17.3 Å². The van der Waals surface area contributed by atoms with Gasteiger partial charge in [-0.15, -0.1) is 0 Å². The van der Waals surface area contributed by atoms with Crippen molar-refractivity contribution in [1.29, 1.82) is 0 Å². The second-order valence-corrected chi connectivity index (χ2v) is 4.02. The molecule has 2 amide bonds. The molecule has 2 rings (SSSR count). The number of aryl methyl sites for hydroxylation is 1. The predicted molar refractivity (Wildman–Crippen MR) is 75.4 cm³/mol. The maximum Gasteiger partial charge on any atom is 0.324 e. The number of urea groups is 1. The van der Waals surface area contributed by atoms with Gasteiger partial charge in [0.25, 0.3) is 0 Å². The van der Waals surface area contributed by atoms with Gasteiger partial charge in [0.2, 0.25) is 0 Å². The number of rotatable bonds is 4. The second kappa shape index (κ2) is 5.96. The summed E-state index contributed by atoms with van der Waals surface area (Å²) in [6.45, 7) is 0. The van der Waals surface area contributed by atoms with Crippen LogP contribution in [0, 0.1) is 0 Å². The summed E-state index contributed by atoms with van der Waals surface area (Å²) in [5.41, 5.74) is 0.570. The first-order valence-electron chi connectivity index (χ1n) is 5.91. The number of methoxy groups -OCH3 is 2. The van der Waals surface area contributed by atoms with Crippen LogP contribution in [0.25, 0.3) is 0 Å². The number of nitrogens with zero attached hydrogens (tertiary/aromatic N) is 2. The Kier molecular flexibility index (Phi) is 4.09. The molecule has 106 valence electrons. The summed E-state index contributed by atoms with van der Waals surface area (Å²) in [7, 11) is 4.84. The van der Waals surface area contributed by atoms with Crippen LogP contribution in [0.15, 0.2) is 30.5 Å². The number of nitrogens with one attached hydrogen (secondary N) is 2. The van der Waals surface area contributed by atoms with E-state index < -0.39 is 0 Å². The maximum absolute atomic E-state index is 11.9. The Morgan fingerprint density at radius 3 is 2.30 bits per heavy atom. The monoisotopic (exact) mass is 276 g/mol. The van der Waals surface area contributed by atoms with Crippen molar-refractivity contribution < 1.29 is 14.3 Å². The topological polar surface area (TPSA) is 77.4 Å². The predicted octanol–water partition coefficient (Wildman–Crippen LogP) is 2.08. The fourth-order valence-corrected chi connectivity index (χ4v) is 1.65. The van der Waals surface area contributed by atoms with Crippen molar-refractivity contribution in [1.82, 2.24) is 9.78 Å². The van der Waals surface area contributed by atoms with E-state index in [1.54, 1.807) is 56.4 Å². The average molecular weight is 276 g/mol. The average Bonchev–Trinajstić information content (AvgIpc) is 2.83. The lowest BCUT2D eigenvalue weighted by Gasteiger charge is -2.10. The van der Waals surface area contributed by atoms with Crippen LogP contribution in [-0.4, -0.2) is 30.0 Å². The SMILES string of the molecule is COc1cc(NC(=O)Nc2ccnn2C)cc(OC)c1. The van der Waals surface area contributed by atoms with E-state index in [1.165, 1.54) is 0 Å². The third-order valence-corrected chi connectivity index (χ3v) is 2.67. The normalized spacial score (nSPS) is 9.95. The molecule has 7 heteroatoms. The summed E-state index contributed by atoms with van der Waals surface area (Å²) < 4.78 is 11.8. The van der Waals surface area contributed by atoms with Crippen molar-refractivity contribution in [3.63, 3.8) is 0 Å². The van der Waals surface area contributed by atoms with Gasteiger partial charge < -0.3 is 14.8 Å². The number of carbonyl (C=O) groups is 1. The van der Waals surface area contributed by atoms with Gasteiger partial charge in [-0.1, -0.05) is 0 Å². The Bertz CT molecular complexity index is 587. The molecule has 1 heterocycles. The van der Waals surface area contributed by atoms with Crippen LogP contribution in [0.2, 0.25) is 0 Å². The van der Waals surface area contributed by atoms with Crippen LogP contribution in [-0.2, 0) is 7.05 Å². The summed E-state index contributed by atoms with van der Waals surface area (Å²) in [6.07, 6.45) is 1.60. The van der Waals surface area contributed by atoms with E-state index in [-0.39, 0.29) is 6.03 Å². The van der Waals surface area contributed by atoms with Crippen LogP contribution in [0.1, 0.15) is 0 Å². The Hall–Kier alpha value is -2.70. The van der Waals surface area contributed by atoms with Crippen molar-refractivity contribution in [3.8, 4) is 11.5 Å². The van der Waals surface area contributed by atoms with Crippen LogP contribution >= 0.6 is 0 Å². The molecule has 0 aliphatic rings. The van der Waals surface area contributed by atoms with Crippen molar-refractivity contribution in [2.45, 2.75) is 0 Å². The van der Waals surface area contributed by atoms with Crippen molar-refractivity contribution in [3.05, 3.63) is 30.5 Å². The Morgan fingerprint density at radius 2 is 1.80 bits per heavy atom. The Balaban J connectivity index is 2.09. The highest BCUT2D eigenvalue weighted by Gasteiger charge is 2.07. The first-order chi connectivity index (χ1) is 9.62. The smallest absolute Gasteiger partial charge is 0.324 e. The number of aromatic nitrogens is 2. The van der Waals surface area contributed by atoms with E-state index in [9.17, 15) is 4.79 Å². The number of hydrogen-bond donors (Lipinski definition) is 2. The maximum atomic E-state index is 11.9. The molecule has 0 saturated carbocycles. The minimum atomic E-state index is -0.371. The molecule has 7 nitrogen and oxygen atoms in total. The molecular formula is C13H16N4O3. The highest BCUT2D eigenvalue weighted by atomic mass is 16.5. The number of hydrogen-bond acceptors (Lipinski definition) is 4. The number of carbonyl (C=O) groups excluding carboxylic acids is 1. The van der Waals surface area contributed by atoms with Crippen molar-refractivity contribution >= 4 is 17.5 Å². The number of ether oxygens (including phenoxy) is 2. The molecule has 1 aromatic carbocycles. The highest BCUT2D eigenvalue weighted by Crippen LogP contribution is 2.25. The van der Waals surface area contributed by atoms with E-state index >= 15 is 0 Å². The molecule has 0 fully saturated rings. The largest absolute Gasteiger partial charge is 0.497 e. The van der Waals surface area contributed by atoms with Gasteiger partial charge in [0, 0.05) is 37.0 Å². The summed E-state index contributed by atoms with van der Waals surface area (Å²) in [4.78, 5) is 11.9. The van der Waals surface area contributed by atoms with Crippen LogP contribution in [0.4, 0.5) is 16.3 Å². The molecule has 1 aromatic heterocycles. The van der Waals surface area contributed by atoms with Gasteiger partial charge in [0.15, 0.2) is 0 Å². The minimum Gasteiger partial charge on any atom is -0.497 e. The zero-order valence-corrected chi connectivity index (χ0v) is 11.5. The van der Waals surface area contributed by atoms with Crippen molar-refractivity contribution in [2.75, 3.05) is 24.9 Å². The van der Waals surface area contributed by atoms with Crippen LogP contribution in [0.5, 0.6) is 11.5 Å².